The molecular weight excluding hydrogens is 354 g/mol. The molecule has 0 radical (unpaired) electrons. The Labute approximate surface area is 127 Å². The fraction of sp³-hybridized carbons (Fsp3) is 0.333. The molecule has 0 fully saturated rings. The Morgan fingerprint density at radius 3 is 2.58 bits per heavy atom. The van der Waals surface area contributed by atoms with E-state index in [1.807, 2.05) is 0 Å². The first kappa shape index (κ1) is 14.4. The summed E-state index contributed by atoms with van der Waals surface area (Å²) in [5, 5.41) is 3.37. The summed E-state index contributed by atoms with van der Waals surface area (Å²) in [7, 11) is 0. The molecule has 0 amide bonds. The Kier molecular flexibility index (Phi) is 4.50. The molecule has 1 heterocycles. The van der Waals surface area contributed by atoms with Gasteiger partial charge in [0.25, 0.3) is 0 Å². The summed E-state index contributed by atoms with van der Waals surface area (Å²) < 4.78 is 16.2. The quantitative estimate of drug-likeness (QED) is 0.784. The van der Waals surface area contributed by atoms with Gasteiger partial charge in [-0.3, -0.25) is 0 Å². The molecule has 0 bridgehead atoms. The van der Waals surface area contributed by atoms with Gasteiger partial charge in [-0.1, -0.05) is 0 Å². The van der Waals surface area contributed by atoms with Crippen molar-refractivity contribution in [2.45, 2.75) is 33.9 Å². The molecular formula is C15H18FIN2. The van der Waals surface area contributed by atoms with Gasteiger partial charge in [0.05, 0.1) is 0 Å². The van der Waals surface area contributed by atoms with Crippen molar-refractivity contribution in [1.29, 1.82) is 0 Å². The van der Waals surface area contributed by atoms with Crippen LogP contribution in [0, 0.1) is 23.2 Å². The van der Waals surface area contributed by atoms with Gasteiger partial charge in [0.2, 0.25) is 0 Å². The van der Waals surface area contributed by atoms with Gasteiger partial charge in [-0.25, -0.2) is 4.39 Å². The van der Waals surface area contributed by atoms with Gasteiger partial charge in [-0.05, 0) is 73.2 Å². The molecule has 0 spiro atoms. The van der Waals surface area contributed by atoms with Crippen LogP contribution in [-0.2, 0) is 13.1 Å². The lowest BCUT2D eigenvalue weighted by atomic mass is 10.2. The fourth-order valence-corrected chi connectivity index (χ4v) is 3.03. The van der Waals surface area contributed by atoms with Crippen LogP contribution in [0.15, 0.2) is 24.3 Å². The molecule has 0 aliphatic carbocycles. The van der Waals surface area contributed by atoms with Crippen LogP contribution in [-0.4, -0.2) is 4.57 Å². The van der Waals surface area contributed by atoms with Crippen molar-refractivity contribution in [2.24, 2.45) is 0 Å². The van der Waals surface area contributed by atoms with Gasteiger partial charge in [-0.15, -0.1) is 0 Å². The second-order valence-electron chi connectivity index (χ2n) is 4.62. The molecule has 102 valence electrons. The average Bonchev–Trinajstić information content (AvgIpc) is 2.63. The van der Waals surface area contributed by atoms with Crippen molar-refractivity contribution in [3.8, 4) is 0 Å². The van der Waals surface area contributed by atoms with Crippen molar-refractivity contribution in [1.82, 2.24) is 4.57 Å². The van der Waals surface area contributed by atoms with Crippen molar-refractivity contribution >= 4 is 28.3 Å². The van der Waals surface area contributed by atoms with Crippen molar-refractivity contribution in [3.63, 3.8) is 0 Å². The summed E-state index contributed by atoms with van der Waals surface area (Å²) in [4.78, 5) is 0. The zero-order valence-corrected chi connectivity index (χ0v) is 13.6. The van der Waals surface area contributed by atoms with E-state index < -0.39 is 0 Å². The summed E-state index contributed by atoms with van der Waals surface area (Å²) in [5.41, 5.74) is 4.85. The van der Waals surface area contributed by atoms with Crippen LogP contribution < -0.4 is 5.32 Å². The SMILES string of the molecule is CCn1c(C)cc(CNc2ccc(F)cc2I)c1C. The first-order chi connectivity index (χ1) is 9.02. The van der Waals surface area contributed by atoms with Crippen molar-refractivity contribution < 1.29 is 4.39 Å². The summed E-state index contributed by atoms with van der Waals surface area (Å²) in [6, 6.07) is 7.02. The average molecular weight is 372 g/mol. The van der Waals surface area contributed by atoms with Gasteiger partial charge in [0.1, 0.15) is 5.82 Å². The Morgan fingerprint density at radius 1 is 1.26 bits per heavy atom. The van der Waals surface area contributed by atoms with E-state index in [0.29, 0.717) is 0 Å². The number of aromatic nitrogens is 1. The van der Waals surface area contributed by atoms with E-state index in [1.54, 1.807) is 6.07 Å². The zero-order valence-electron chi connectivity index (χ0n) is 11.4. The number of halogens is 2. The van der Waals surface area contributed by atoms with Gasteiger partial charge >= 0.3 is 0 Å². The minimum Gasteiger partial charge on any atom is -0.380 e. The van der Waals surface area contributed by atoms with Gasteiger partial charge in [0.15, 0.2) is 0 Å². The number of anilines is 1. The van der Waals surface area contributed by atoms with Crippen LogP contribution in [0.2, 0.25) is 0 Å². The van der Waals surface area contributed by atoms with Crippen LogP contribution >= 0.6 is 22.6 Å². The maximum Gasteiger partial charge on any atom is 0.124 e. The topological polar surface area (TPSA) is 17.0 Å². The number of rotatable bonds is 4. The summed E-state index contributed by atoms with van der Waals surface area (Å²) in [6.45, 7) is 8.18. The molecule has 0 saturated carbocycles. The minimum atomic E-state index is -0.195. The Bertz CT molecular complexity index is 590. The molecule has 2 rings (SSSR count). The Morgan fingerprint density at radius 2 is 2.00 bits per heavy atom. The number of nitrogens with zero attached hydrogens (tertiary/aromatic N) is 1. The first-order valence-corrected chi connectivity index (χ1v) is 7.45. The van der Waals surface area contributed by atoms with Gasteiger partial charge in [0, 0.05) is 33.7 Å². The highest BCUT2D eigenvalue weighted by Gasteiger charge is 2.08. The van der Waals surface area contributed by atoms with E-state index in [9.17, 15) is 4.39 Å². The molecule has 0 aliphatic heterocycles. The molecule has 0 saturated heterocycles. The molecule has 1 aromatic carbocycles. The lowest BCUT2D eigenvalue weighted by Crippen LogP contribution is -2.04. The second kappa shape index (κ2) is 5.94. The molecule has 1 N–H and O–H groups in total. The minimum absolute atomic E-state index is 0.195. The Balaban J connectivity index is 2.14. The maximum absolute atomic E-state index is 13.0. The molecule has 4 heteroatoms. The maximum atomic E-state index is 13.0. The predicted molar refractivity (Wildman–Crippen MR) is 86.0 cm³/mol. The number of aryl methyl sites for hydroxylation is 1. The summed E-state index contributed by atoms with van der Waals surface area (Å²) in [5.74, 6) is -0.195. The normalized spacial score (nSPS) is 10.8. The van der Waals surface area contributed by atoms with Crippen LogP contribution in [0.1, 0.15) is 23.9 Å². The summed E-state index contributed by atoms with van der Waals surface area (Å²) >= 11 is 2.15. The monoisotopic (exact) mass is 372 g/mol. The van der Waals surface area contributed by atoms with E-state index in [2.05, 4.69) is 59.3 Å². The summed E-state index contributed by atoms with van der Waals surface area (Å²) in [6.07, 6.45) is 0. The molecule has 0 unspecified atom stereocenters. The third kappa shape index (κ3) is 3.11. The number of benzene rings is 1. The van der Waals surface area contributed by atoms with E-state index in [0.717, 1.165) is 22.3 Å². The number of hydrogen-bond acceptors (Lipinski definition) is 1. The number of hydrogen-bond donors (Lipinski definition) is 1. The smallest absolute Gasteiger partial charge is 0.124 e. The van der Waals surface area contributed by atoms with Gasteiger partial charge < -0.3 is 9.88 Å². The molecule has 2 aromatic rings. The molecule has 19 heavy (non-hydrogen) atoms. The van der Waals surface area contributed by atoms with E-state index in [4.69, 9.17) is 0 Å². The first-order valence-electron chi connectivity index (χ1n) is 6.37. The highest BCUT2D eigenvalue weighted by molar-refractivity contribution is 14.1. The fourth-order valence-electron chi connectivity index (χ4n) is 2.36. The lowest BCUT2D eigenvalue weighted by molar-refractivity contribution is 0.627. The largest absolute Gasteiger partial charge is 0.380 e. The third-order valence-corrected chi connectivity index (χ3v) is 4.29. The molecule has 0 atom stereocenters. The molecule has 1 aromatic heterocycles. The second-order valence-corrected chi connectivity index (χ2v) is 5.78. The van der Waals surface area contributed by atoms with Crippen LogP contribution in [0.25, 0.3) is 0 Å². The molecule has 2 nitrogen and oxygen atoms in total. The number of nitrogens with one attached hydrogen (secondary N) is 1. The Hall–Kier alpha value is -1.04. The van der Waals surface area contributed by atoms with Gasteiger partial charge in [-0.2, -0.15) is 0 Å². The van der Waals surface area contributed by atoms with Crippen molar-refractivity contribution in [2.75, 3.05) is 5.32 Å². The van der Waals surface area contributed by atoms with Crippen LogP contribution in [0.3, 0.4) is 0 Å². The standard InChI is InChI=1S/C15H18FIN2/c1-4-19-10(2)7-12(11(19)3)9-18-15-6-5-13(16)8-14(15)17/h5-8,18H,4,9H2,1-3H3. The van der Waals surface area contributed by atoms with E-state index in [-0.39, 0.29) is 5.82 Å². The molecule has 0 aliphatic rings. The highest BCUT2D eigenvalue weighted by atomic mass is 127. The zero-order chi connectivity index (χ0) is 14.0. The van der Waals surface area contributed by atoms with Crippen LogP contribution in [0.5, 0.6) is 0 Å². The van der Waals surface area contributed by atoms with Crippen molar-refractivity contribution in [3.05, 3.63) is 50.6 Å². The third-order valence-electron chi connectivity index (χ3n) is 3.40. The lowest BCUT2D eigenvalue weighted by Gasteiger charge is -2.09. The predicted octanol–water partition coefficient (Wildman–Crippen LogP) is 4.48. The van der Waals surface area contributed by atoms with Crippen LogP contribution in [0.4, 0.5) is 10.1 Å². The van der Waals surface area contributed by atoms with E-state index in [1.165, 1.54) is 29.1 Å². The van der Waals surface area contributed by atoms with E-state index >= 15 is 0 Å². The highest BCUT2D eigenvalue weighted by Crippen LogP contribution is 2.21.